The van der Waals surface area contributed by atoms with E-state index in [9.17, 15) is 4.79 Å². The summed E-state index contributed by atoms with van der Waals surface area (Å²) in [6.45, 7) is 0.972. The van der Waals surface area contributed by atoms with Crippen LogP contribution in [-0.2, 0) is 11.2 Å². The number of carbonyl (C=O) groups is 1. The number of carboxylic acid groups (broad SMARTS) is 1. The molecular weight excluding hydrogens is 248 g/mol. The van der Waals surface area contributed by atoms with Crippen molar-refractivity contribution in [2.24, 2.45) is 0 Å². The van der Waals surface area contributed by atoms with Gasteiger partial charge in [0.15, 0.2) is 0 Å². The highest BCUT2D eigenvalue weighted by Gasteiger charge is 2.28. The molecule has 98 valence electrons. The molecule has 2 rings (SSSR count). The molecule has 0 saturated heterocycles. The Hall–Kier alpha value is -1.20. The molecule has 0 unspecified atom stereocenters. The summed E-state index contributed by atoms with van der Waals surface area (Å²) >= 11 is 1.62. The number of hydrogen-bond donors (Lipinski definition) is 1. The Morgan fingerprint density at radius 3 is 2.83 bits per heavy atom. The van der Waals surface area contributed by atoms with Crippen LogP contribution in [0, 0.1) is 0 Å². The van der Waals surface area contributed by atoms with Crippen molar-refractivity contribution in [1.29, 1.82) is 0 Å². The van der Waals surface area contributed by atoms with Gasteiger partial charge in [0, 0.05) is 25.0 Å². The zero-order valence-electron chi connectivity index (χ0n) is 10.7. The van der Waals surface area contributed by atoms with Crippen LogP contribution in [0.3, 0.4) is 0 Å². The van der Waals surface area contributed by atoms with Crippen LogP contribution in [0.15, 0.2) is 6.08 Å². The lowest BCUT2D eigenvalue weighted by molar-refractivity contribution is -0.131. The molecule has 0 amide bonds. The molecule has 0 aliphatic heterocycles. The van der Waals surface area contributed by atoms with Crippen LogP contribution in [0.2, 0.25) is 0 Å². The molecule has 1 aromatic rings. The predicted octanol–water partition coefficient (Wildman–Crippen LogP) is 2.22. The van der Waals surface area contributed by atoms with Crippen molar-refractivity contribution in [3.63, 3.8) is 0 Å². The monoisotopic (exact) mass is 266 g/mol. The van der Waals surface area contributed by atoms with E-state index in [1.807, 2.05) is 14.1 Å². The van der Waals surface area contributed by atoms with Crippen molar-refractivity contribution in [2.75, 3.05) is 20.6 Å². The summed E-state index contributed by atoms with van der Waals surface area (Å²) in [5.41, 5.74) is 1.10. The molecule has 4 nitrogen and oxygen atoms in total. The maximum Gasteiger partial charge on any atom is 0.328 e. The van der Waals surface area contributed by atoms with Crippen LogP contribution in [0.5, 0.6) is 0 Å². The Balaban J connectivity index is 2.13. The second-order valence-electron chi connectivity index (χ2n) is 4.86. The first kappa shape index (κ1) is 13.2. The van der Waals surface area contributed by atoms with Gasteiger partial charge < -0.3 is 10.0 Å². The smallest absolute Gasteiger partial charge is 0.328 e. The number of hydrogen-bond acceptors (Lipinski definition) is 4. The van der Waals surface area contributed by atoms with E-state index in [1.165, 1.54) is 18.9 Å². The lowest BCUT2D eigenvalue weighted by atomic mass is 10.2. The van der Waals surface area contributed by atoms with Crippen LogP contribution in [0.1, 0.15) is 34.3 Å². The summed E-state index contributed by atoms with van der Waals surface area (Å²) < 4.78 is 0. The first-order valence-corrected chi connectivity index (χ1v) is 6.93. The maximum atomic E-state index is 10.6. The Morgan fingerprint density at radius 1 is 1.56 bits per heavy atom. The normalized spacial score (nSPS) is 15.7. The Labute approximate surface area is 111 Å². The van der Waals surface area contributed by atoms with E-state index < -0.39 is 5.97 Å². The minimum absolute atomic E-state index is 0.558. The summed E-state index contributed by atoms with van der Waals surface area (Å²) in [7, 11) is 4.08. The first-order valence-electron chi connectivity index (χ1n) is 6.11. The molecule has 1 aromatic heterocycles. The van der Waals surface area contributed by atoms with E-state index in [1.54, 1.807) is 17.4 Å². The van der Waals surface area contributed by atoms with E-state index in [4.69, 9.17) is 5.11 Å². The van der Waals surface area contributed by atoms with Crippen molar-refractivity contribution in [2.45, 2.75) is 25.2 Å². The fourth-order valence-electron chi connectivity index (χ4n) is 1.73. The average Bonchev–Trinajstić information content (AvgIpc) is 3.05. The highest BCUT2D eigenvalue weighted by Crippen LogP contribution is 2.43. The number of likely N-dealkylation sites (N-methyl/N-ethyl adjacent to an activating group) is 1. The number of carboxylic acids is 1. The van der Waals surface area contributed by atoms with Crippen LogP contribution in [0.25, 0.3) is 6.08 Å². The Kier molecular flexibility index (Phi) is 4.14. The van der Waals surface area contributed by atoms with Crippen molar-refractivity contribution in [3.05, 3.63) is 21.7 Å². The molecule has 0 bridgehead atoms. The lowest BCUT2D eigenvalue weighted by Gasteiger charge is -2.06. The van der Waals surface area contributed by atoms with E-state index in [0.29, 0.717) is 5.92 Å². The van der Waals surface area contributed by atoms with Crippen molar-refractivity contribution < 1.29 is 9.90 Å². The van der Waals surface area contributed by atoms with Crippen LogP contribution >= 0.6 is 11.3 Å². The summed E-state index contributed by atoms with van der Waals surface area (Å²) in [6.07, 6.45) is 6.19. The van der Waals surface area contributed by atoms with E-state index >= 15 is 0 Å². The van der Waals surface area contributed by atoms with Gasteiger partial charge in [-0.15, -0.1) is 11.3 Å². The molecule has 5 heteroatoms. The van der Waals surface area contributed by atoms with Crippen LogP contribution in [-0.4, -0.2) is 41.6 Å². The molecule has 1 N–H and O–H groups in total. The van der Waals surface area contributed by atoms with E-state index in [-0.39, 0.29) is 0 Å². The van der Waals surface area contributed by atoms with Gasteiger partial charge in [-0.3, -0.25) is 0 Å². The zero-order valence-corrected chi connectivity index (χ0v) is 11.5. The number of nitrogens with zero attached hydrogens (tertiary/aromatic N) is 2. The van der Waals surface area contributed by atoms with Crippen molar-refractivity contribution >= 4 is 23.4 Å². The molecule has 1 saturated carbocycles. The lowest BCUT2D eigenvalue weighted by Crippen LogP contribution is -2.14. The molecule has 1 aliphatic carbocycles. The number of aliphatic carboxylic acids is 1. The van der Waals surface area contributed by atoms with Gasteiger partial charge >= 0.3 is 5.97 Å². The predicted molar refractivity (Wildman–Crippen MR) is 73.0 cm³/mol. The third-order valence-corrected chi connectivity index (χ3v) is 3.94. The molecule has 0 radical (unpaired) electrons. The van der Waals surface area contributed by atoms with E-state index in [0.717, 1.165) is 28.5 Å². The molecule has 0 atom stereocenters. The summed E-state index contributed by atoms with van der Waals surface area (Å²) in [4.78, 5) is 18.4. The van der Waals surface area contributed by atoms with Crippen LogP contribution in [0.4, 0.5) is 0 Å². The van der Waals surface area contributed by atoms with Gasteiger partial charge in [0.05, 0.1) is 15.6 Å². The number of aromatic nitrogens is 1. The van der Waals surface area contributed by atoms with Gasteiger partial charge in [0.1, 0.15) is 0 Å². The van der Waals surface area contributed by atoms with Gasteiger partial charge in [0.25, 0.3) is 0 Å². The molecule has 1 fully saturated rings. The molecular formula is C13H18N2O2S. The minimum atomic E-state index is -0.903. The SMILES string of the molecule is CN(C)CCc1nc(C2CC2)c(/C=C/C(=O)O)s1. The largest absolute Gasteiger partial charge is 0.478 e. The third-order valence-electron chi connectivity index (χ3n) is 2.84. The topological polar surface area (TPSA) is 53.4 Å². The molecule has 1 heterocycles. The summed E-state index contributed by atoms with van der Waals surface area (Å²) in [5, 5.41) is 9.80. The fourth-order valence-corrected chi connectivity index (χ4v) is 2.78. The maximum absolute atomic E-state index is 10.6. The van der Waals surface area contributed by atoms with Crippen LogP contribution < -0.4 is 0 Å². The summed E-state index contributed by atoms with van der Waals surface area (Å²) in [6, 6.07) is 0. The molecule has 0 spiro atoms. The standard InChI is InChI=1S/C13H18N2O2S/c1-15(2)8-7-11-14-13(9-3-4-9)10(18-11)5-6-12(16)17/h5-6,9H,3-4,7-8H2,1-2H3,(H,16,17)/b6-5+. The Morgan fingerprint density at radius 2 is 2.28 bits per heavy atom. The Bertz CT molecular complexity index is 462. The highest BCUT2D eigenvalue weighted by molar-refractivity contribution is 7.12. The molecule has 18 heavy (non-hydrogen) atoms. The number of rotatable bonds is 6. The van der Waals surface area contributed by atoms with Crippen molar-refractivity contribution in [3.8, 4) is 0 Å². The third kappa shape index (κ3) is 3.65. The summed E-state index contributed by atoms with van der Waals surface area (Å²) in [5.74, 6) is -0.345. The highest BCUT2D eigenvalue weighted by atomic mass is 32.1. The average molecular weight is 266 g/mol. The van der Waals surface area contributed by atoms with Gasteiger partial charge in [-0.2, -0.15) is 0 Å². The molecule has 1 aliphatic rings. The molecule has 0 aromatic carbocycles. The van der Waals surface area contributed by atoms with Gasteiger partial charge in [-0.1, -0.05) is 0 Å². The van der Waals surface area contributed by atoms with Gasteiger partial charge in [-0.25, -0.2) is 9.78 Å². The zero-order chi connectivity index (χ0) is 13.1. The minimum Gasteiger partial charge on any atom is -0.478 e. The fraction of sp³-hybridized carbons (Fsp3) is 0.538. The second-order valence-corrected chi connectivity index (χ2v) is 5.97. The quantitative estimate of drug-likeness (QED) is 0.802. The van der Waals surface area contributed by atoms with Gasteiger partial charge in [-0.05, 0) is 33.0 Å². The second kappa shape index (κ2) is 5.63. The van der Waals surface area contributed by atoms with Gasteiger partial charge in [0.2, 0.25) is 0 Å². The first-order chi connectivity index (χ1) is 8.56. The van der Waals surface area contributed by atoms with E-state index in [2.05, 4.69) is 9.88 Å². The van der Waals surface area contributed by atoms with Crippen molar-refractivity contribution in [1.82, 2.24) is 9.88 Å². The number of thiazole rings is 1.